The van der Waals surface area contributed by atoms with Crippen molar-refractivity contribution < 1.29 is 4.74 Å². The zero-order chi connectivity index (χ0) is 10.6. The smallest absolute Gasteiger partial charge is 0.124 e. The molecule has 1 atom stereocenters. The quantitative estimate of drug-likeness (QED) is 0.732. The number of benzene rings is 1. The minimum atomic E-state index is -0.120. The highest BCUT2D eigenvalue weighted by molar-refractivity contribution is 5.38. The lowest BCUT2D eigenvalue weighted by atomic mass is 10.0. The Labute approximate surface area is 85.1 Å². The Kier molecular flexibility index (Phi) is 3.53. The molecule has 0 amide bonds. The first kappa shape index (κ1) is 10.6. The normalized spacial score (nSPS) is 12.2. The molecule has 14 heavy (non-hydrogen) atoms. The second-order valence-corrected chi connectivity index (χ2v) is 3.56. The summed E-state index contributed by atoms with van der Waals surface area (Å²) >= 11 is 0. The Morgan fingerprint density at radius 3 is 2.43 bits per heavy atom. The van der Waals surface area contributed by atoms with E-state index < -0.39 is 0 Å². The van der Waals surface area contributed by atoms with E-state index in [0.717, 1.165) is 11.3 Å². The minimum absolute atomic E-state index is 0.120. The molecular formula is C12H15NO. The predicted octanol–water partition coefficient (Wildman–Crippen LogP) is 3.10. The highest BCUT2D eigenvalue weighted by Crippen LogP contribution is 2.26. The maximum atomic E-state index is 8.84. The van der Waals surface area contributed by atoms with Crippen LogP contribution < -0.4 is 4.74 Å². The van der Waals surface area contributed by atoms with Crippen LogP contribution in [0.2, 0.25) is 0 Å². The molecule has 0 aromatic heterocycles. The van der Waals surface area contributed by atoms with Gasteiger partial charge in [-0.25, -0.2) is 0 Å². The van der Waals surface area contributed by atoms with Gasteiger partial charge in [-0.05, 0) is 26.8 Å². The van der Waals surface area contributed by atoms with Crippen LogP contribution in [0.1, 0.15) is 32.3 Å². The molecule has 2 heteroatoms. The number of rotatable bonds is 3. The molecule has 1 aromatic rings. The molecule has 1 aromatic carbocycles. The van der Waals surface area contributed by atoms with E-state index in [1.54, 1.807) is 0 Å². The highest BCUT2D eigenvalue weighted by Gasteiger charge is 2.10. The fraction of sp³-hybridized carbons (Fsp3) is 0.417. The molecular weight excluding hydrogens is 174 g/mol. The molecule has 0 bridgehead atoms. The second-order valence-electron chi connectivity index (χ2n) is 3.56. The molecule has 0 spiro atoms. The summed E-state index contributed by atoms with van der Waals surface area (Å²) in [6.45, 7) is 5.84. The molecule has 0 radical (unpaired) electrons. The van der Waals surface area contributed by atoms with Crippen molar-refractivity contribution in [1.29, 1.82) is 5.26 Å². The Morgan fingerprint density at radius 1 is 1.21 bits per heavy atom. The third-order valence-corrected chi connectivity index (χ3v) is 1.94. The van der Waals surface area contributed by atoms with Gasteiger partial charge < -0.3 is 4.74 Å². The van der Waals surface area contributed by atoms with Gasteiger partial charge in [-0.1, -0.05) is 18.2 Å². The van der Waals surface area contributed by atoms with E-state index in [1.165, 1.54) is 0 Å². The van der Waals surface area contributed by atoms with E-state index in [0.29, 0.717) is 0 Å². The SMILES string of the molecule is CC(C)Oc1ccccc1C(C)C#N. The van der Waals surface area contributed by atoms with Crippen molar-refractivity contribution in [1.82, 2.24) is 0 Å². The van der Waals surface area contributed by atoms with Crippen LogP contribution in [-0.4, -0.2) is 6.10 Å². The van der Waals surface area contributed by atoms with Crippen molar-refractivity contribution in [2.45, 2.75) is 32.8 Å². The van der Waals surface area contributed by atoms with E-state index >= 15 is 0 Å². The van der Waals surface area contributed by atoms with Crippen molar-refractivity contribution in [2.75, 3.05) is 0 Å². The Morgan fingerprint density at radius 2 is 1.86 bits per heavy atom. The average Bonchev–Trinajstić information content (AvgIpc) is 2.16. The van der Waals surface area contributed by atoms with Crippen LogP contribution in [0, 0.1) is 11.3 Å². The van der Waals surface area contributed by atoms with Crippen molar-refractivity contribution in [3.05, 3.63) is 29.8 Å². The first-order valence-electron chi connectivity index (χ1n) is 4.80. The molecule has 0 aliphatic heterocycles. The van der Waals surface area contributed by atoms with Gasteiger partial charge in [0.15, 0.2) is 0 Å². The molecule has 0 saturated carbocycles. The topological polar surface area (TPSA) is 33.0 Å². The highest BCUT2D eigenvalue weighted by atomic mass is 16.5. The Balaban J connectivity index is 2.98. The van der Waals surface area contributed by atoms with Crippen molar-refractivity contribution in [3.63, 3.8) is 0 Å². The fourth-order valence-corrected chi connectivity index (χ4v) is 1.27. The van der Waals surface area contributed by atoms with Crippen LogP contribution in [0.4, 0.5) is 0 Å². The minimum Gasteiger partial charge on any atom is -0.491 e. The van der Waals surface area contributed by atoms with Crippen LogP contribution in [0.3, 0.4) is 0 Å². The molecule has 0 heterocycles. The van der Waals surface area contributed by atoms with Crippen LogP contribution in [0.15, 0.2) is 24.3 Å². The summed E-state index contributed by atoms with van der Waals surface area (Å²) < 4.78 is 5.62. The van der Waals surface area contributed by atoms with Gasteiger partial charge in [0, 0.05) is 5.56 Å². The number of nitrogens with zero attached hydrogens (tertiary/aromatic N) is 1. The van der Waals surface area contributed by atoms with Gasteiger partial charge in [-0.2, -0.15) is 5.26 Å². The van der Waals surface area contributed by atoms with Gasteiger partial charge in [-0.3, -0.25) is 0 Å². The Hall–Kier alpha value is -1.49. The van der Waals surface area contributed by atoms with Crippen LogP contribution >= 0.6 is 0 Å². The molecule has 1 unspecified atom stereocenters. The summed E-state index contributed by atoms with van der Waals surface area (Å²) in [5, 5.41) is 8.84. The number of hydrogen-bond donors (Lipinski definition) is 0. The largest absolute Gasteiger partial charge is 0.491 e. The summed E-state index contributed by atoms with van der Waals surface area (Å²) in [6.07, 6.45) is 0.141. The summed E-state index contributed by atoms with van der Waals surface area (Å²) in [5.74, 6) is 0.696. The van der Waals surface area contributed by atoms with Crippen LogP contribution in [0.5, 0.6) is 5.75 Å². The van der Waals surface area contributed by atoms with Gasteiger partial charge in [-0.15, -0.1) is 0 Å². The van der Waals surface area contributed by atoms with Crippen LogP contribution in [-0.2, 0) is 0 Å². The zero-order valence-corrected chi connectivity index (χ0v) is 8.82. The lowest BCUT2D eigenvalue weighted by molar-refractivity contribution is 0.239. The molecule has 0 saturated heterocycles. The standard InChI is InChI=1S/C12H15NO/c1-9(2)14-12-7-5-4-6-11(12)10(3)8-13/h4-7,9-10H,1-3H3. The van der Waals surface area contributed by atoms with Gasteiger partial charge in [0.25, 0.3) is 0 Å². The van der Waals surface area contributed by atoms with Crippen molar-refractivity contribution >= 4 is 0 Å². The van der Waals surface area contributed by atoms with Crippen molar-refractivity contribution in [3.8, 4) is 11.8 Å². The maximum Gasteiger partial charge on any atom is 0.124 e. The molecule has 74 valence electrons. The molecule has 2 nitrogen and oxygen atoms in total. The van der Waals surface area contributed by atoms with Gasteiger partial charge in [0.1, 0.15) is 5.75 Å². The van der Waals surface area contributed by atoms with E-state index in [-0.39, 0.29) is 12.0 Å². The average molecular weight is 189 g/mol. The molecule has 0 N–H and O–H groups in total. The monoisotopic (exact) mass is 189 g/mol. The third kappa shape index (κ3) is 2.50. The lowest BCUT2D eigenvalue weighted by Crippen LogP contribution is -2.08. The van der Waals surface area contributed by atoms with Gasteiger partial charge in [0.2, 0.25) is 0 Å². The maximum absolute atomic E-state index is 8.84. The first-order valence-corrected chi connectivity index (χ1v) is 4.80. The lowest BCUT2D eigenvalue weighted by Gasteiger charge is -2.14. The van der Waals surface area contributed by atoms with E-state index in [4.69, 9.17) is 10.00 Å². The number of nitriles is 1. The molecule has 1 rings (SSSR count). The summed E-state index contributed by atoms with van der Waals surface area (Å²) in [5.41, 5.74) is 0.962. The second kappa shape index (κ2) is 4.66. The van der Waals surface area contributed by atoms with E-state index in [9.17, 15) is 0 Å². The van der Waals surface area contributed by atoms with E-state index in [2.05, 4.69) is 6.07 Å². The predicted molar refractivity (Wildman–Crippen MR) is 56.2 cm³/mol. The Bertz CT molecular complexity index is 338. The number of para-hydroxylation sites is 1. The summed E-state index contributed by atoms with van der Waals surface area (Å²) in [7, 11) is 0. The van der Waals surface area contributed by atoms with E-state index in [1.807, 2.05) is 45.0 Å². The first-order chi connectivity index (χ1) is 6.65. The number of ether oxygens (including phenoxy) is 1. The third-order valence-electron chi connectivity index (χ3n) is 1.94. The molecule has 0 fully saturated rings. The van der Waals surface area contributed by atoms with Crippen molar-refractivity contribution in [2.24, 2.45) is 0 Å². The fourth-order valence-electron chi connectivity index (χ4n) is 1.27. The zero-order valence-electron chi connectivity index (χ0n) is 8.82. The van der Waals surface area contributed by atoms with Gasteiger partial charge in [0.05, 0.1) is 18.1 Å². The van der Waals surface area contributed by atoms with Crippen LogP contribution in [0.25, 0.3) is 0 Å². The molecule has 0 aliphatic carbocycles. The summed E-state index contributed by atoms with van der Waals surface area (Å²) in [4.78, 5) is 0. The summed E-state index contributed by atoms with van der Waals surface area (Å²) in [6, 6.07) is 9.91. The molecule has 0 aliphatic rings. The van der Waals surface area contributed by atoms with Gasteiger partial charge >= 0.3 is 0 Å². The number of hydrogen-bond acceptors (Lipinski definition) is 2.